The van der Waals surface area contributed by atoms with Gasteiger partial charge in [0.05, 0.1) is 12.2 Å². The van der Waals surface area contributed by atoms with Gasteiger partial charge in [0.15, 0.2) is 0 Å². The first kappa shape index (κ1) is 14.4. The van der Waals surface area contributed by atoms with Gasteiger partial charge in [0.25, 0.3) is 0 Å². The lowest BCUT2D eigenvalue weighted by Crippen LogP contribution is -2.53. The fourth-order valence-electron chi connectivity index (χ4n) is 4.49. The van der Waals surface area contributed by atoms with E-state index in [1.165, 1.54) is 58.0 Å². The summed E-state index contributed by atoms with van der Waals surface area (Å²) < 4.78 is 11.8. The molecule has 4 rings (SSSR count). The largest absolute Gasteiger partial charge is 0.378 e. The SMILES string of the molecule is C1CCC(CN(C2CC2)C2CCOC3(CCOC3)C2)NC1. The highest BCUT2D eigenvalue weighted by atomic mass is 16.6. The molecule has 1 aliphatic carbocycles. The highest BCUT2D eigenvalue weighted by Gasteiger charge is 2.45. The number of hydrogen-bond acceptors (Lipinski definition) is 4. The van der Waals surface area contributed by atoms with Crippen molar-refractivity contribution in [3.8, 4) is 0 Å². The van der Waals surface area contributed by atoms with Crippen LogP contribution in [0.25, 0.3) is 0 Å². The average molecular weight is 294 g/mol. The quantitative estimate of drug-likeness (QED) is 0.859. The van der Waals surface area contributed by atoms with E-state index < -0.39 is 0 Å². The molecule has 1 spiro atoms. The molecule has 3 aliphatic heterocycles. The van der Waals surface area contributed by atoms with Gasteiger partial charge in [-0.1, -0.05) is 6.42 Å². The highest BCUT2D eigenvalue weighted by molar-refractivity contribution is 4.98. The van der Waals surface area contributed by atoms with E-state index >= 15 is 0 Å². The van der Waals surface area contributed by atoms with Crippen LogP contribution in [-0.2, 0) is 9.47 Å². The summed E-state index contributed by atoms with van der Waals surface area (Å²) in [5.74, 6) is 0. The number of ether oxygens (including phenoxy) is 2. The van der Waals surface area contributed by atoms with Crippen LogP contribution in [0, 0.1) is 0 Å². The normalized spacial score (nSPS) is 41.0. The predicted molar refractivity (Wildman–Crippen MR) is 82.5 cm³/mol. The Kier molecular flexibility index (Phi) is 4.23. The third-order valence-corrected chi connectivity index (χ3v) is 5.86. The molecule has 3 heterocycles. The van der Waals surface area contributed by atoms with Crippen molar-refractivity contribution in [2.24, 2.45) is 0 Å². The van der Waals surface area contributed by atoms with Crippen molar-refractivity contribution in [3.05, 3.63) is 0 Å². The summed E-state index contributed by atoms with van der Waals surface area (Å²) in [6.45, 7) is 5.11. The Labute approximate surface area is 128 Å². The first-order valence-corrected chi connectivity index (χ1v) is 9.06. The zero-order valence-electron chi connectivity index (χ0n) is 13.2. The molecule has 0 aromatic rings. The molecule has 120 valence electrons. The van der Waals surface area contributed by atoms with E-state index in [0.29, 0.717) is 0 Å². The summed E-state index contributed by atoms with van der Waals surface area (Å²) in [6.07, 6.45) is 10.5. The maximum Gasteiger partial charge on any atom is 0.0951 e. The molecule has 0 bridgehead atoms. The summed E-state index contributed by atoms with van der Waals surface area (Å²) in [5, 5.41) is 3.73. The van der Waals surface area contributed by atoms with Crippen molar-refractivity contribution in [1.82, 2.24) is 10.2 Å². The van der Waals surface area contributed by atoms with Crippen molar-refractivity contribution in [1.29, 1.82) is 0 Å². The molecule has 3 unspecified atom stereocenters. The van der Waals surface area contributed by atoms with Crippen molar-refractivity contribution >= 4 is 0 Å². The van der Waals surface area contributed by atoms with E-state index in [9.17, 15) is 0 Å². The second-order valence-electron chi connectivity index (χ2n) is 7.56. The number of rotatable bonds is 4. The summed E-state index contributed by atoms with van der Waals surface area (Å²) in [5.41, 5.74) is 0.0516. The fraction of sp³-hybridized carbons (Fsp3) is 1.00. The molecule has 4 fully saturated rings. The van der Waals surface area contributed by atoms with Gasteiger partial charge < -0.3 is 14.8 Å². The summed E-state index contributed by atoms with van der Waals surface area (Å²) in [4.78, 5) is 2.84. The van der Waals surface area contributed by atoms with E-state index in [-0.39, 0.29) is 5.60 Å². The zero-order chi connectivity index (χ0) is 14.1. The third-order valence-electron chi connectivity index (χ3n) is 5.86. The predicted octanol–water partition coefficient (Wildman–Crippen LogP) is 1.93. The van der Waals surface area contributed by atoms with Gasteiger partial charge >= 0.3 is 0 Å². The Hall–Kier alpha value is -0.160. The molecule has 1 N–H and O–H groups in total. The Morgan fingerprint density at radius 3 is 2.71 bits per heavy atom. The van der Waals surface area contributed by atoms with Gasteiger partial charge in [-0.05, 0) is 45.1 Å². The molecule has 0 amide bonds. The van der Waals surface area contributed by atoms with Gasteiger partial charge in [-0.15, -0.1) is 0 Å². The minimum Gasteiger partial charge on any atom is -0.378 e. The number of nitrogens with one attached hydrogen (secondary N) is 1. The number of nitrogens with zero attached hydrogens (tertiary/aromatic N) is 1. The molecule has 1 saturated carbocycles. The van der Waals surface area contributed by atoms with Gasteiger partial charge in [-0.25, -0.2) is 0 Å². The average Bonchev–Trinajstić information content (AvgIpc) is 3.28. The fourth-order valence-corrected chi connectivity index (χ4v) is 4.49. The maximum atomic E-state index is 6.13. The zero-order valence-corrected chi connectivity index (χ0v) is 13.2. The first-order chi connectivity index (χ1) is 10.3. The second kappa shape index (κ2) is 6.15. The Bertz CT molecular complexity index is 347. The third kappa shape index (κ3) is 3.29. The van der Waals surface area contributed by atoms with Crippen LogP contribution in [0.2, 0.25) is 0 Å². The molecule has 4 aliphatic rings. The lowest BCUT2D eigenvalue weighted by molar-refractivity contribution is -0.108. The molecule has 0 aromatic carbocycles. The van der Waals surface area contributed by atoms with Crippen LogP contribution in [0.3, 0.4) is 0 Å². The van der Waals surface area contributed by atoms with Crippen molar-refractivity contribution in [2.45, 2.75) is 75.1 Å². The molecule has 0 aromatic heterocycles. The Morgan fingerprint density at radius 1 is 1.05 bits per heavy atom. The standard InChI is InChI=1S/C17H30N2O2/c1-2-8-18-14(3-1)12-19(15-4-5-15)16-6-9-21-17(11-16)7-10-20-13-17/h14-16,18H,1-13H2. The van der Waals surface area contributed by atoms with Gasteiger partial charge in [0, 0.05) is 44.3 Å². The van der Waals surface area contributed by atoms with Crippen LogP contribution in [0.5, 0.6) is 0 Å². The van der Waals surface area contributed by atoms with Crippen LogP contribution < -0.4 is 5.32 Å². The van der Waals surface area contributed by atoms with Crippen LogP contribution in [0.1, 0.15) is 51.4 Å². The number of piperidine rings is 1. The molecule has 4 nitrogen and oxygen atoms in total. The smallest absolute Gasteiger partial charge is 0.0951 e. The second-order valence-corrected chi connectivity index (χ2v) is 7.56. The van der Waals surface area contributed by atoms with Gasteiger partial charge in [-0.2, -0.15) is 0 Å². The van der Waals surface area contributed by atoms with E-state index in [4.69, 9.17) is 9.47 Å². The lowest BCUT2D eigenvalue weighted by atomic mass is 9.88. The maximum absolute atomic E-state index is 6.13. The summed E-state index contributed by atoms with van der Waals surface area (Å²) >= 11 is 0. The Morgan fingerprint density at radius 2 is 2.00 bits per heavy atom. The first-order valence-electron chi connectivity index (χ1n) is 9.06. The van der Waals surface area contributed by atoms with Crippen molar-refractivity contribution in [2.75, 3.05) is 32.9 Å². The van der Waals surface area contributed by atoms with Gasteiger partial charge in [0.2, 0.25) is 0 Å². The molecular weight excluding hydrogens is 264 g/mol. The summed E-state index contributed by atoms with van der Waals surface area (Å²) in [6, 6.07) is 2.30. The van der Waals surface area contributed by atoms with Crippen LogP contribution in [-0.4, -0.2) is 61.5 Å². The topological polar surface area (TPSA) is 33.7 Å². The molecule has 4 heteroatoms. The van der Waals surface area contributed by atoms with Gasteiger partial charge in [-0.3, -0.25) is 4.90 Å². The molecule has 21 heavy (non-hydrogen) atoms. The number of hydrogen-bond donors (Lipinski definition) is 1. The Balaban J connectivity index is 1.40. The highest BCUT2D eigenvalue weighted by Crippen LogP contribution is 2.39. The molecule has 3 saturated heterocycles. The van der Waals surface area contributed by atoms with E-state index in [0.717, 1.165) is 44.4 Å². The lowest BCUT2D eigenvalue weighted by Gasteiger charge is -2.44. The van der Waals surface area contributed by atoms with Crippen molar-refractivity contribution < 1.29 is 9.47 Å². The molecular formula is C17H30N2O2. The minimum atomic E-state index is 0.0516. The van der Waals surface area contributed by atoms with E-state index in [1.54, 1.807) is 0 Å². The monoisotopic (exact) mass is 294 g/mol. The van der Waals surface area contributed by atoms with Crippen LogP contribution in [0.4, 0.5) is 0 Å². The van der Waals surface area contributed by atoms with E-state index in [1.807, 2.05) is 0 Å². The molecule has 0 radical (unpaired) electrons. The van der Waals surface area contributed by atoms with E-state index in [2.05, 4.69) is 10.2 Å². The molecule has 3 atom stereocenters. The minimum absolute atomic E-state index is 0.0516. The summed E-state index contributed by atoms with van der Waals surface area (Å²) in [7, 11) is 0. The van der Waals surface area contributed by atoms with Crippen LogP contribution in [0.15, 0.2) is 0 Å². The van der Waals surface area contributed by atoms with Crippen molar-refractivity contribution in [3.63, 3.8) is 0 Å². The van der Waals surface area contributed by atoms with Gasteiger partial charge in [0.1, 0.15) is 0 Å². The van der Waals surface area contributed by atoms with Crippen LogP contribution >= 0.6 is 0 Å².